The maximum Gasteiger partial charge on any atom is 0.235 e. The lowest BCUT2D eigenvalue weighted by molar-refractivity contribution is -0.343. The fraction of sp³-hybridized carbons (Fsp3) is 0.857. The van der Waals surface area contributed by atoms with Crippen LogP contribution >= 0.6 is 7.82 Å². The van der Waals surface area contributed by atoms with Crippen molar-refractivity contribution < 1.29 is 38.6 Å². The van der Waals surface area contributed by atoms with Gasteiger partial charge in [-0.1, -0.05) is 0 Å². The zero-order valence-corrected chi connectivity index (χ0v) is 9.99. The molecule has 1 heterocycles. The van der Waals surface area contributed by atoms with Gasteiger partial charge in [-0.05, 0) is 0 Å². The van der Waals surface area contributed by atoms with Gasteiger partial charge in [0.05, 0.1) is 21.0 Å². The maximum atomic E-state index is 11.0. The van der Waals surface area contributed by atoms with Gasteiger partial charge in [0.2, 0.25) is 5.91 Å². The number of carbonyl (C=O) groups excluding carboxylic acids is 1. The van der Waals surface area contributed by atoms with Gasteiger partial charge in [0.25, 0.3) is 0 Å². The first kappa shape index (κ1) is 15.5. The molecule has 0 spiro atoms. The molecule has 1 amide bonds. The molecule has 0 radical (unpaired) electrons. The van der Waals surface area contributed by atoms with Gasteiger partial charge in [-0.2, -0.15) is 0 Å². The number of hydrogen-bond donors (Lipinski definition) is 4. The summed E-state index contributed by atoms with van der Waals surface area (Å²) in [6.07, 6.45) is -5.48. The average molecular weight is 284 g/mol. The van der Waals surface area contributed by atoms with Crippen LogP contribution in [0.3, 0.4) is 0 Å². The summed E-state index contributed by atoms with van der Waals surface area (Å²) in [5.74, 6) is -0.633. The zero-order valence-electron chi connectivity index (χ0n) is 9.09. The van der Waals surface area contributed by atoms with Gasteiger partial charge >= 0.3 is 0 Å². The van der Waals surface area contributed by atoms with Crippen LogP contribution in [0.1, 0.15) is 0 Å². The van der Waals surface area contributed by atoms with Crippen LogP contribution in [0, 0.1) is 0 Å². The Kier molecular flexibility index (Phi) is 5.20. The van der Waals surface area contributed by atoms with E-state index < -0.39 is 44.9 Å². The molecule has 0 aromatic heterocycles. The topological polar surface area (TPSA) is 177 Å². The van der Waals surface area contributed by atoms with Crippen molar-refractivity contribution in [1.29, 1.82) is 0 Å². The quantitative estimate of drug-likeness (QED) is 0.361. The van der Waals surface area contributed by atoms with Crippen LogP contribution in [0.25, 0.3) is 0 Å². The van der Waals surface area contributed by atoms with Crippen LogP contribution in [-0.2, 0) is 18.6 Å². The Morgan fingerprint density at radius 2 is 2.06 bits per heavy atom. The lowest BCUT2D eigenvalue weighted by Crippen LogP contribution is -2.45. The van der Waals surface area contributed by atoms with Gasteiger partial charge in [-0.25, -0.2) is 0 Å². The highest BCUT2D eigenvalue weighted by Crippen LogP contribution is 2.28. The van der Waals surface area contributed by atoms with Gasteiger partial charge in [0.15, 0.2) is 6.23 Å². The molecule has 5 N–H and O–H groups in total. The van der Waals surface area contributed by atoms with E-state index >= 15 is 0 Å². The van der Waals surface area contributed by atoms with Crippen LogP contribution in [-0.4, -0.2) is 53.8 Å². The molecular formula is C7H13N2O8P-2. The van der Waals surface area contributed by atoms with Crippen molar-refractivity contribution in [2.45, 2.75) is 24.5 Å². The van der Waals surface area contributed by atoms with Gasteiger partial charge in [-0.15, -0.1) is 0 Å². The first-order valence-electron chi connectivity index (χ1n) is 4.92. The van der Waals surface area contributed by atoms with E-state index in [9.17, 15) is 29.4 Å². The third-order valence-electron chi connectivity index (χ3n) is 2.25. The van der Waals surface area contributed by atoms with Crippen LogP contribution in [0.4, 0.5) is 0 Å². The van der Waals surface area contributed by atoms with Crippen molar-refractivity contribution in [1.82, 2.24) is 5.32 Å². The van der Waals surface area contributed by atoms with Crippen molar-refractivity contribution >= 4 is 13.7 Å². The molecular weight excluding hydrogens is 271 g/mol. The highest BCUT2D eigenvalue weighted by Gasteiger charge is 2.43. The number of phosphoric ester groups is 1. The molecule has 4 atom stereocenters. The summed E-state index contributed by atoms with van der Waals surface area (Å²) < 4.78 is 19.1. The third-order valence-corrected chi connectivity index (χ3v) is 2.71. The van der Waals surface area contributed by atoms with E-state index in [1.807, 2.05) is 0 Å². The van der Waals surface area contributed by atoms with Crippen molar-refractivity contribution in [3.63, 3.8) is 0 Å². The first-order valence-corrected chi connectivity index (χ1v) is 6.38. The van der Waals surface area contributed by atoms with Gasteiger partial charge in [-0.3, -0.25) is 4.79 Å². The molecule has 0 bridgehead atoms. The first-order chi connectivity index (χ1) is 8.24. The molecule has 1 saturated heterocycles. The Balaban J connectivity index is 2.53. The fourth-order valence-electron chi connectivity index (χ4n) is 1.39. The summed E-state index contributed by atoms with van der Waals surface area (Å²) in [6.45, 7) is -1.10. The van der Waals surface area contributed by atoms with Crippen LogP contribution < -0.4 is 20.8 Å². The second kappa shape index (κ2) is 6.04. The standard InChI is InChI=1S/C7H15N2O8P/c8-1-4(10)9-7-6(12)5(11)3(17-7)2-16-18(13,14)15/h3,5-7,11-12H,1-2,8H2,(H,9,10)(H2,13,14,15)/p-2. The molecule has 106 valence electrons. The monoisotopic (exact) mass is 284 g/mol. The minimum atomic E-state index is -5.20. The zero-order chi connectivity index (χ0) is 13.9. The minimum absolute atomic E-state index is 0.347. The number of ether oxygens (including phenoxy) is 1. The highest BCUT2D eigenvalue weighted by atomic mass is 31.2. The number of amides is 1. The van der Waals surface area contributed by atoms with Crippen LogP contribution in [0.15, 0.2) is 0 Å². The number of phosphoric acid groups is 1. The Morgan fingerprint density at radius 3 is 2.56 bits per heavy atom. The van der Waals surface area contributed by atoms with E-state index in [0.717, 1.165) is 0 Å². The Hall–Kier alpha value is -0.580. The minimum Gasteiger partial charge on any atom is -0.790 e. The molecule has 0 saturated carbocycles. The third kappa shape index (κ3) is 4.26. The molecule has 4 unspecified atom stereocenters. The lowest BCUT2D eigenvalue weighted by atomic mass is 10.1. The normalized spacial score (nSPS) is 32.5. The SMILES string of the molecule is NCC(=O)NC1OC(COP(=O)([O-])[O-])C(O)C1O. The molecule has 1 aliphatic heterocycles. The number of aliphatic hydroxyl groups is 2. The Bertz CT molecular complexity index is 346. The van der Waals surface area contributed by atoms with Crippen molar-refractivity contribution in [3.8, 4) is 0 Å². The molecule has 0 aromatic rings. The van der Waals surface area contributed by atoms with Crippen LogP contribution in [0.2, 0.25) is 0 Å². The summed E-state index contributed by atoms with van der Waals surface area (Å²) in [7, 11) is -5.20. The van der Waals surface area contributed by atoms with E-state index in [2.05, 4.69) is 9.84 Å². The summed E-state index contributed by atoms with van der Waals surface area (Å²) >= 11 is 0. The number of carbonyl (C=O) groups is 1. The molecule has 10 nitrogen and oxygen atoms in total. The van der Waals surface area contributed by atoms with E-state index in [4.69, 9.17) is 10.5 Å². The van der Waals surface area contributed by atoms with Crippen molar-refractivity contribution in [3.05, 3.63) is 0 Å². The molecule has 11 heteroatoms. The predicted molar refractivity (Wildman–Crippen MR) is 51.4 cm³/mol. The summed E-state index contributed by atoms with van der Waals surface area (Å²) in [6, 6.07) is 0. The Morgan fingerprint density at radius 1 is 1.44 bits per heavy atom. The van der Waals surface area contributed by atoms with E-state index in [1.54, 1.807) is 0 Å². The summed E-state index contributed by atoms with van der Waals surface area (Å²) in [5, 5.41) is 21.1. The molecule has 0 aliphatic carbocycles. The summed E-state index contributed by atoms with van der Waals surface area (Å²) in [4.78, 5) is 31.5. The van der Waals surface area contributed by atoms with Gasteiger partial charge in [0.1, 0.15) is 18.3 Å². The van der Waals surface area contributed by atoms with Crippen LogP contribution in [0.5, 0.6) is 0 Å². The summed E-state index contributed by atoms with van der Waals surface area (Å²) in [5.41, 5.74) is 5.02. The number of hydrogen-bond acceptors (Lipinski definition) is 9. The number of nitrogens with two attached hydrogens (primary N) is 1. The molecule has 1 rings (SSSR count). The average Bonchev–Trinajstić information content (AvgIpc) is 2.53. The second-order valence-electron chi connectivity index (χ2n) is 3.59. The largest absolute Gasteiger partial charge is 0.790 e. The van der Waals surface area contributed by atoms with E-state index in [0.29, 0.717) is 0 Å². The predicted octanol–water partition coefficient (Wildman–Crippen LogP) is -4.65. The van der Waals surface area contributed by atoms with Crippen molar-refractivity contribution in [2.75, 3.05) is 13.2 Å². The fourth-order valence-corrected chi connectivity index (χ4v) is 1.72. The van der Waals surface area contributed by atoms with E-state index in [1.165, 1.54) is 0 Å². The number of rotatable bonds is 5. The number of aliphatic hydroxyl groups excluding tert-OH is 2. The Labute approximate surface area is 102 Å². The maximum absolute atomic E-state index is 11.0. The van der Waals surface area contributed by atoms with Crippen molar-refractivity contribution in [2.24, 2.45) is 5.73 Å². The van der Waals surface area contributed by atoms with Gasteiger partial charge in [0, 0.05) is 0 Å². The highest BCUT2D eigenvalue weighted by molar-refractivity contribution is 7.43. The molecule has 0 aromatic carbocycles. The molecule has 1 fully saturated rings. The second-order valence-corrected chi connectivity index (χ2v) is 4.74. The smallest absolute Gasteiger partial charge is 0.235 e. The lowest BCUT2D eigenvalue weighted by Gasteiger charge is -2.30. The molecule has 18 heavy (non-hydrogen) atoms. The van der Waals surface area contributed by atoms with Gasteiger partial charge < -0.3 is 44.9 Å². The molecule has 1 aliphatic rings. The van der Waals surface area contributed by atoms with E-state index in [-0.39, 0.29) is 6.54 Å². The number of nitrogens with one attached hydrogen (secondary N) is 1.